The third kappa shape index (κ3) is 2.01. The second-order valence-corrected chi connectivity index (χ2v) is 9.78. The van der Waals surface area contributed by atoms with E-state index in [0.29, 0.717) is 22.3 Å². The SMILES string of the molecule is CC1CCC2C(C)(C)CCCC23Oc2cc(Cl)c(O)cc2CC13C. The van der Waals surface area contributed by atoms with Gasteiger partial charge in [-0.3, -0.25) is 0 Å². The van der Waals surface area contributed by atoms with Crippen LogP contribution >= 0.6 is 11.6 Å². The summed E-state index contributed by atoms with van der Waals surface area (Å²) in [5, 5.41) is 10.4. The fourth-order valence-electron chi connectivity index (χ4n) is 6.22. The highest BCUT2D eigenvalue weighted by molar-refractivity contribution is 6.32. The average molecular weight is 349 g/mol. The van der Waals surface area contributed by atoms with Gasteiger partial charge in [0, 0.05) is 17.4 Å². The lowest BCUT2D eigenvalue weighted by Gasteiger charge is -2.66. The van der Waals surface area contributed by atoms with Crippen LogP contribution < -0.4 is 4.74 Å². The van der Waals surface area contributed by atoms with Crippen LogP contribution in [0.2, 0.25) is 5.02 Å². The van der Waals surface area contributed by atoms with Gasteiger partial charge in [-0.2, -0.15) is 0 Å². The number of aromatic hydroxyl groups is 1. The van der Waals surface area contributed by atoms with Crippen molar-refractivity contribution in [3.63, 3.8) is 0 Å². The molecule has 1 aliphatic heterocycles. The molecule has 0 bridgehead atoms. The minimum Gasteiger partial charge on any atom is -0.506 e. The number of rotatable bonds is 0. The molecular formula is C21H29ClO2. The number of hydrogen-bond donors (Lipinski definition) is 1. The minimum atomic E-state index is -0.0975. The van der Waals surface area contributed by atoms with Crippen LogP contribution in [0.15, 0.2) is 12.1 Å². The Morgan fingerprint density at radius 1 is 1.17 bits per heavy atom. The monoisotopic (exact) mass is 348 g/mol. The predicted molar refractivity (Wildman–Crippen MR) is 97.8 cm³/mol. The number of benzene rings is 1. The van der Waals surface area contributed by atoms with E-state index in [0.717, 1.165) is 24.2 Å². The van der Waals surface area contributed by atoms with Gasteiger partial charge >= 0.3 is 0 Å². The molecule has 132 valence electrons. The van der Waals surface area contributed by atoms with Crippen LogP contribution in [0.1, 0.15) is 65.4 Å². The van der Waals surface area contributed by atoms with Crippen LogP contribution in [-0.2, 0) is 6.42 Å². The van der Waals surface area contributed by atoms with E-state index in [-0.39, 0.29) is 16.8 Å². The van der Waals surface area contributed by atoms with E-state index in [1.54, 1.807) is 0 Å². The van der Waals surface area contributed by atoms with Gasteiger partial charge in [0.1, 0.15) is 17.1 Å². The molecule has 1 aromatic rings. The minimum absolute atomic E-state index is 0.0975. The first-order valence-electron chi connectivity index (χ1n) is 9.40. The molecule has 2 saturated carbocycles. The third-order valence-electron chi connectivity index (χ3n) is 7.80. The maximum atomic E-state index is 10.0. The van der Waals surface area contributed by atoms with E-state index in [2.05, 4.69) is 27.7 Å². The molecule has 1 spiro atoms. The predicted octanol–water partition coefficient (Wildman–Crippen LogP) is 5.98. The molecular weight excluding hydrogens is 320 g/mol. The Kier molecular flexibility index (Phi) is 3.50. The molecule has 1 heterocycles. The van der Waals surface area contributed by atoms with E-state index >= 15 is 0 Å². The summed E-state index contributed by atoms with van der Waals surface area (Å²) < 4.78 is 6.88. The highest BCUT2D eigenvalue weighted by Crippen LogP contribution is 2.65. The first kappa shape index (κ1) is 16.6. The average Bonchev–Trinajstić information content (AvgIpc) is 2.48. The Bertz CT molecular complexity index is 683. The summed E-state index contributed by atoms with van der Waals surface area (Å²) in [6, 6.07) is 3.65. The van der Waals surface area contributed by atoms with Crippen LogP contribution in [0, 0.1) is 22.7 Å². The number of phenolic OH excluding ortho intramolecular Hbond substituents is 1. The Morgan fingerprint density at radius 2 is 1.92 bits per heavy atom. The largest absolute Gasteiger partial charge is 0.506 e. The van der Waals surface area contributed by atoms with Crippen molar-refractivity contribution < 1.29 is 9.84 Å². The molecule has 4 rings (SSSR count). The molecule has 1 aromatic carbocycles. The fraction of sp³-hybridized carbons (Fsp3) is 0.714. The second kappa shape index (κ2) is 5.06. The Balaban J connectivity index is 1.89. The van der Waals surface area contributed by atoms with Gasteiger partial charge in [-0.25, -0.2) is 0 Å². The Labute approximate surface area is 150 Å². The normalized spacial score (nSPS) is 40.0. The summed E-state index contributed by atoms with van der Waals surface area (Å²) in [6.45, 7) is 9.68. The van der Waals surface area contributed by atoms with Gasteiger partial charge in [0.05, 0.1) is 5.02 Å². The number of ether oxygens (including phenoxy) is 1. The van der Waals surface area contributed by atoms with Crippen molar-refractivity contribution in [2.24, 2.45) is 22.7 Å². The Morgan fingerprint density at radius 3 is 2.67 bits per heavy atom. The second-order valence-electron chi connectivity index (χ2n) is 9.37. The van der Waals surface area contributed by atoms with Crippen molar-refractivity contribution >= 4 is 11.6 Å². The molecule has 4 unspecified atom stereocenters. The van der Waals surface area contributed by atoms with Gasteiger partial charge < -0.3 is 9.84 Å². The maximum Gasteiger partial charge on any atom is 0.134 e. The van der Waals surface area contributed by atoms with Gasteiger partial charge in [-0.1, -0.05) is 39.3 Å². The van der Waals surface area contributed by atoms with Crippen molar-refractivity contribution in [1.29, 1.82) is 0 Å². The van der Waals surface area contributed by atoms with E-state index in [4.69, 9.17) is 16.3 Å². The summed E-state index contributed by atoms with van der Waals surface area (Å²) >= 11 is 6.18. The van der Waals surface area contributed by atoms with E-state index < -0.39 is 0 Å². The highest BCUT2D eigenvalue weighted by Gasteiger charge is 2.65. The van der Waals surface area contributed by atoms with Crippen LogP contribution in [0.3, 0.4) is 0 Å². The topological polar surface area (TPSA) is 29.5 Å². The molecule has 3 heteroatoms. The zero-order valence-corrected chi connectivity index (χ0v) is 16.0. The van der Waals surface area contributed by atoms with Crippen LogP contribution in [0.25, 0.3) is 0 Å². The van der Waals surface area contributed by atoms with Crippen molar-refractivity contribution in [3.05, 3.63) is 22.7 Å². The van der Waals surface area contributed by atoms with Crippen LogP contribution in [-0.4, -0.2) is 10.7 Å². The van der Waals surface area contributed by atoms with E-state index in [9.17, 15) is 5.11 Å². The fourth-order valence-corrected chi connectivity index (χ4v) is 6.37. The molecule has 4 atom stereocenters. The van der Waals surface area contributed by atoms with Crippen LogP contribution in [0.4, 0.5) is 0 Å². The number of hydrogen-bond acceptors (Lipinski definition) is 2. The smallest absolute Gasteiger partial charge is 0.134 e. The van der Waals surface area contributed by atoms with Crippen LogP contribution in [0.5, 0.6) is 11.5 Å². The van der Waals surface area contributed by atoms with Crippen molar-refractivity contribution in [2.45, 2.75) is 71.8 Å². The molecule has 2 aliphatic carbocycles. The lowest BCUT2D eigenvalue weighted by molar-refractivity contribution is -0.210. The van der Waals surface area contributed by atoms with Crippen molar-refractivity contribution in [2.75, 3.05) is 0 Å². The van der Waals surface area contributed by atoms with Gasteiger partial charge in [0.25, 0.3) is 0 Å². The molecule has 2 fully saturated rings. The zero-order valence-electron chi connectivity index (χ0n) is 15.3. The third-order valence-corrected chi connectivity index (χ3v) is 8.10. The number of phenols is 1. The maximum absolute atomic E-state index is 10.0. The Hall–Kier alpha value is -0.890. The molecule has 3 aliphatic rings. The van der Waals surface area contributed by atoms with Crippen molar-refractivity contribution in [1.82, 2.24) is 0 Å². The van der Waals surface area contributed by atoms with Crippen molar-refractivity contribution in [3.8, 4) is 11.5 Å². The lowest BCUT2D eigenvalue weighted by Crippen LogP contribution is -2.68. The van der Waals surface area contributed by atoms with Gasteiger partial charge in [0.2, 0.25) is 0 Å². The summed E-state index contributed by atoms with van der Waals surface area (Å²) in [6.07, 6.45) is 7.15. The van der Waals surface area contributed by atoms with Gasteiger partial charge in [-0.15, -0.1) is 0 Å². The summed E-state index contributed by atoms with van der Waals surface area (Å²) in [5.41, 5.74) is 1.44. The highest BCUT2D eigenvalue weighted by atomic mass is 35.5. The summed E-state index contributed by atoms with van der Waals surface area (Å²) in [7, 11) is 0. The standard InChI is InChI=1S/C21H29ClO2/c1-13-6-7-18-19(2,3)8-5-9-21(18)20(13,4)12-14-10-16(23)15(22)11-17(14)24-21/h10-11,13,18,23H,5-9,12H2,1-4H3. The molecule has 1 N–H and O–H groups in total. The first-order chi connectivity index (χ1) is 11.2. The van der Waals surface area contributed by atoms with E-state index in [1.807, 2.05) is 12.1 Å². The van der Waals surface area contributed by atoms with Gasteiger partial charge in [-0.05, 0) is 61.5 Å². The molecule has 0 saturated heterocycles. The van der Waals surface area contributed by atoms with E-state index in [1.165, 1.54) is 25.7 Å². The molecule has 2 nitrogen and oxygen atoms in total. The first-order valence-corrected chi connectivity index (χ1v) is 9.78. The summed E-state index contributed by atoms with van der Waals surface area (Å²) in [4.78, 5) is 0. The molecule has 0 radical (unpaired) electrons. The summed E-state index contributed by atoms with van der Waals surface area (Å²) in [5.74, 6) is 2.27. The van der Waals surface area contributed by atoms with Gasteiger partial charge in [0.15, 0.2) is 0 Å². The quantitative estimate of drug-likeness (QED) is 0.624. The lowest BCUT2D eigenvalue weighted by atomic mass is 9.44. The molecule has 24 heavy (non-hydrogen) atoms. The molecule has 0 aromatic heterocycles. The number of fused-ring (bicyclic) bond motifs is 1. The number of halogens is 1. The molecule has 0 amide bonds. The zero-order chi connectivity index (χ0) is 17.3.